The molecule has 0 aliphatic heterocycles. The topological polar surface area (TPSA) is 213 Å². The van der Waals surface area contributed by atoms with E-state index in [0.29, 0.717) is 42.0 Å². The summed E-state index contributed by atoms with van der Waals surface area (Å²) in [6, 6.07) is 0. The molecule has 7 N–H and O–H groups in total. The van der Waals surface area contributed by atoms with E-state index in [0.717, 1.165) is 0 Å². The summed E-state index contributed by atoms with van der Waals surface area (Å²) in [6.45, 7) is 13.2. The Kier molecular flexibility index (Phi) is 16.8. The van der Waals surface area contributed by atoms with E-state index in [-0.39, 0.29) is 38.0 Å². The van der Waals surface area contributed by atoms with Gasteiger partial charge in [-0.1, -0.05) is 26.7 Å². The molecule has 0 aromatic heterocycles. The fourth-order valence-electron chi connectivity index (χ4n) is 3.72. The van der Waals surface area contributed by atoms with Crippen LogP contribution < -0.4 is 21.3 Å². The molecule has 0 aliphatic rings. The zero-order valence-corrected chi connectivity index (χ0v) is 27.6. The van der Waals surface area contributed by atoms with Crippen molar-refractivity contribution in [2.75, 3.05) is 12.4 Å². The molecular weight excluding hydrogens is 584 g/mol. The highest BCUT2D eigenvalue weighted by Crippen LogP contribution is 2.18. The fourth-order valence-corrected chi connectivity index (χ4v) is 4.63. The van der Waals surface area contributed by atoms with Gasteiger partial charge in [0.2, 0.25) is 11.6 Å². The van der Waals surface area contributed by atoms with Crippen molar-refractivity contribution in [2.45, 2.75) is 129 Å². The second-order valence-corrected chi connectivity index (χ2v) is 13.4. The summed E-state index contributed by atoms with van der Waals surface area (Å²) in [6.07, 6.45) is -0.460. The molecule has 0 aromatic rings. The predicted molar refractivity (Wildman–Crippen MR) is 165 cm³/mol. The molecule has 0 rings (SSSR count). The zero-order chi connectivity index (χ0) is 33.5. The van der Waals surface area contributed by atoms with Gasteiger partial charge in [-0.15, -0.1) is 0 Å². The number of rotatable bonds is 17. The number of aliphatic carboxylic acids is 2. The van der Waals surface area contributed by atoms with Crippen molar-refractivity contribution in [3.05, 3.63) is 0 Å². The van der Waals surface area contributed by atoms with Crippen LogP contribution in [0.2, 0.25) is 0 Å². The molecule has 0 heterocycles. The fraction of sp³-hybridized carbons (Fsp3) is 0.786. The number of carbonyl (C=O) groups is 5. The van der Waals surface area contributed by atoms with Gasteiger partial charge in [0, 0.05) is 23.6 Å². The molecule has 0 radical (unpaired) electrons. The number of aliphatic hydroxyl groups excluding tert-OH is 1. The van der Waals surface area contributed by atoms with Gasteiger partial charge in [-0.05, 0) is 67.2 Å². The Hall–Kier alpha value is -2.91. The van der Waals surface area contributed by atoms with Crippen LogP contribution in [0.1, 0.15) is 107 Å². The molecule has 2 unspecified atom stereocenters. The molecule has 0 saturated carbocycles. The zero-order valence-electron chi connectivity index (χ0n) is 26.7. The van der Waals surface area contributed by atoms with Crippen LogP contribution in [-0.4, -0.2) is 85.2 Å². The molecule has 14 nitrogen and oxygen atoms in total. The van der Waals surface area contributed by atoms with Gasteiger partial charge in [0.1, 0.15) is 11.2 Å². The van der Waals surface area contributed by atoms with Crippen molar-refractivity contribution in [1.29, 1.82) is 0 Å². The summed E-state index contributed by atoms with van der Waals surface area (Å²) >= 11 is 0.459. The Morgan fingerprint density at radius 1 is 0.674 bits per heavy atom. The maximum absolute atomic E-state index is 13.1. The number of aliphatic hydroxyl groups is 1. The van der Waals surface area contributed by atoms with Gasteiger partial charge < -0.3 is 30.1 Å². The summed E-state index contributed by atoms with van der Waals surface area (Å²) in [4.78, 5) is 63.5. The lowest BCUT2D eigenvalue weighted by Gasteiger charge is -2.34. The first-order valence-corrected chi connectivity index (χ1v) is 15.5. The van der Waals surface area contributed by atoms with E-state index in [2.05, 4.69) is 21.3 Å². The van der Waals surface area contributed by atoms with Crippen LogP contribution in [0.25, 0.3) is 0 Å². The van der Waals surface area contributed by atoms with Crippen molar-refractivity contribution in [2.24, 2.45) is 0 Å². The second kappa shape index (κ2) is 18.0. The summed E-state index contributed by atoms with van der Waals surface area (Å²) in [5.74, 6) is -3.39. The van der Waals surface area contributed by atoms with Gasteiger partial charge in [-0.25, -0.2) is 19.2 Å². The third kappa shape index (κ3) is 15.9. The number of unbranched alkanes of at least 4 members (excludes halogenated alkanes) is 2. The number of amides is 3. The van der Waals surface area contributed by atoms with E-state index < -0.39 is 52.6 Å². The number of hydrogen-bond donors (Lipinski definition) is 8. The lowest BCUT2D eigenvalue weighted by Crippen LogP contribution is -2.66. The quantitative estimate of drug-likeness (QED) is 0.0660. The summed E-state index contributed by atoms with van der Waals surface area (Å²) in [7, 11) is 0. The van der Waals surface area contributed by atoms with Crippen molar-refractivity contribution < 1.29 is 48.8 Å². The molecule has 250 valence electrons. The second-order valence-electron chi connectivity index (χ2n) is 12.1. The van der Waals surface area contributed by atoms with Crippen LogP contribution in [0.4, 0.5) is 9.59 Å². The minimum Gasteiger partial charge on any atom is -0.478 e. The molecule has 0 aromatic carbocycles. The first kappa shape index (κ1) is 40.1. The highest BCUT2D eigenvalue weighted by molar-refractivity contribution is 7.98. The standard InChI is InChI=1S/C28H52N4O10S/c1-9-11-15-27(21(35)36,31-23(39)41-25(3,4)5)29-19(34)13-14-20(43-18-17-33)30-28(22(37)38,16-12-10-2)32-24(40)42-26(6,7)8/h30,33,43H,9-18H2,1-8H3,(H,29,34)(H,31,39)(H,32,40)(H,35,36)(H,37,38). The molecule has 0 aliphatic carbocycles. The summed E-state index contributed by atoms with van der Waals surface area (Å²) in [5, 5.41) is 39.7. The van der Waals surface area contributed by atoms with Crippen LogP contribution in [0.3, 0.4) is 0 Å². The molecule has 2 atom stereocenters. The van der Waals surface area contributed by atoms with Gasteiger partial charge in [0.25, 0.3) is 0 Å². The number of nitrogens with one attached hydrogen (secondary N) is 4. The highest BCUT2D eigenvalue weighted by Gasteiger charge is 2.43. The number of hydrogen-bond acceptors (Lipinski definition) is 8. The van der Waals surface area contributed by atoms with E-state index in [9.17, 15) is 39.3 Å². The van der Waals surface area contributed by atoms with E-state index in [4.69, 9.17) is 9.47 Å². The van der Waals surface area contributed by atoms with Gasteiger partial charge in [-0.3, -0.25) is 20.7 Å². The maximum atomic E-state index is 13.1. The third-order valence-corrected chi connectivity index (χ3v) is 6.81. The van der Waals surface area contributed by atoms with Crippen molar-refractivity contribution >= 4 is 46.4 Å². The van der Waals surface area contributed by atoms with E-state index in [1.165, 1.54) is 0 Å². The Balaban J connectivity index is 6.12. The maximum Gasteiger partial charge on any atom is 0.409 e. The molecule has 0 fully saturated rings. The van der Waals surface area contributed by atoms with Crippen LogP contribution in [-0.2, 0) is 23.9 Å². The Morgan fingerprint density at radius 3 is 1.44 bits per heavy atom. The van der Waals surface area contributed by atoms with Gasteiger partial charge in [0.05, 0.1) is 6.61 Å². The van der Waals surface area contributed by atoms with Crippen LogP contribution in [0.5, 0.6) is 0 Å². The third-order valence-electron chi connectivity index (χ3n) is 5.67. The Bertz CT molecular complexity index is 993. The first-order valence-electron chi connectivity index (χ1n) is 14.5. The average molecular weight is 637 g/mol. The van der Waals surface area contributed by atoms with Gasteiger partial charge >= 0.3 is 24.1 Å². The van der Waals surface area contributed by atoms with Crippen molar-refractivity contribution in [3.63, 3.8) is 0 Å². The number of thiol groups is 1. The summed E-state index contributed by atoms with van der Waals surface area (Å²) in [5.41, 5.74) is -5.92. The molecule has 0 bridgehead atoms. The molecule has 0 saturated heterocycles. The molecule has 3 amide bonds. The largest absolute Gasteiger partial charge is 0.478 e. The molecule has 43 heavy (non-hydrogen) atoms. The molecule has 15 heteroatoms. The minimum absolute atomic E-state index is 0.0125. The lowest BCUT2D eigenvalue weighted by molar-refractivity contribution is -0.150. The van der Waals surface area contributed by atoms with E-state index in [1.807, 2.05) is 13.8 Å². The molecule has 0 spiro atoms. The normalized spacial score (nSPS) is 15.1. The van der Waals surface area contributed by atoms with E-state index >= 15 is 0 Å². The predicted octanol–water partition coefficient (Wildman–Crippen LogP) is 3.05. The number of carboxylic acid groups (broad SMARTS) is 2. The monoisotopic (exact) mass is 636 g/mol. The Labute approximate surface area is 258 Å². The smallest absolute Gasteiger partial charge is 0.409 e. The van der Waals surface area contributed by atoms with E-state index in [1.54, 1.807) is 41.5 Å². The average Bonchev–Trinajstić information content (AvgIpc) is 2.84. The molecular formula is C28H52N4O10S. The van der Waals surface area contributed by atoms with Crippen LogP contribution in [0, 0.1) is 0 Å². The number of ether oxygens (including phenoxy) is 2. The van der Waals surface area contributed by atoms with Crippen LogP contribution in [0.15, 0.2) is 0 Å². The number of alkyl carbamates (subject to hydrolysis) is 2. The Morgan fingerprint density at radius 2 is 1.09 bits per heavy atom. The van der Waals surface area contributed by atoms with Crippen molar-refractivity contribution in [1.82, 2.24) is 21.3 Å². The first-order chi connectivity index (χ1) is 19.7. The number of carbonyl (C=O) groups excluding carboxylic acids is 3. The van der Waals surface area contributed by atoms with Gasteiger partial charge in [0.15, 0.2) is 5.66 Å². The van der Waals surface area contributed by atoms with Gasteiger partial charge in [-0.2, -0.15) is 11.4 Å². The minimum atomic E-state index is -2.14. The van der Waals surface area contributed by atoms with Crippen molar-refractivity contribution in [3.8, 4) is 0 Å². The number of carboxylic acids is 2. The van der Waals surface area contributed by atoms with Crippen LogP contribution >= 0.6 is 11.4 Å². The SMILES string of the molecule is CCCCC(NC(=O)CCC(NC(CCCC)(NC(=O)OC(C)(C)C)C(=O)O)=[SH]CCO)(NC(=O)OC(C)(C)C)C(=O)O. The lowest BCUT2D eigenvalue weighted by atomic mass is 10.0. The summed E-state index contributed by atoms with van der Waals surface area (Å²) < 4.78 is 10.5. The highest BCUT2D eigenvalue weighted by atomic mass is 32.1.